The minimum absolute atomic E-state index is 0.0401. The molecule has 2 rings (SSSR count). The van der Waals surface area contributed by atoms with Crippen LogP contribution in [0.3, 0.4) is 0 Å². The molecule has 3 N–H and O–H groups in total. The fraction of sp³-hybridized carbons (Fsp3) is 0.462. The van der Waals surface area contributed by atoms with Crippen molar-refractivity contribution in [2.45, 2.75) is 19.3 Å². The lowest BCUT2D eigenvalue weighted by atomic mass is 9.95. The monoisotopic (exact) mass is 314 g/mol. The van der Waals surface area contributed by atoms with Gasteiger partial charge >= 0.3 is 0 Å². The van der Waals surface area contributed by atoms with Crippen LogP contribution in [-0.2, 0) is 4.79 Å². The van der Waals surface area contributed by atoms with Crippen molar-refractivity contribution in [3.05, 3.63) is 28.5 Å². The van der Waals surface area contributed by atoms with E-state index >= 15 is 0 Å². The van der Waals surface area contributed by atoms with Crippen molar-refractivity contribution >= 4 is 27.5 Å². The minimum atomic E-state index is -0.380. The second kappa shape index (κ2) is 5.80. The van der Waals surface area contributed by atoms with Crippen molar-refractivity contribution < 1.29 is 9.18 Å². The fourth-order valence-electron chi connectivity index (χ4n) is 2.47. The molecule has 0 radical (unpaired) electrons. The molecular weight excluding hydrogens is 299 g/mol. The summed E-state index contributed by atoms with van der Waals surface area (Å²) in [6, 6.07) is 4.58. The van der Waals surface area contributed by atoms with Gasteiger partial charge in [0.1, 0.15) is 5.82 Å². The summed E-state index contributed by atoms with van der Waals surface area (Å²) in [7, 11) is 0. The molecule has 1 saturated carbocycles. The minimum Gasteiger partial charge on any atom is -0.330 e. The van der Waals surface area contributed by atoms with E-state index in [1.807, 2.05) is 0 Å². The average Bonchev–Trinajstić information content (AvgIpc) is 2.82. The third-order valence-electron chi connectivity index (χ3n) is 3.49. The molecule has 0 heterocycles. The number of nitrogens with one attached hydrogen (secondary N) is 1. The highest BCUT2D eigenvalue weighted by Crippen LogP contribution is 2.32. The van der Waals surface area contributed by atoms with Gasteiger partial charge in [-0.05, 0) is 59.4 Å². The molecule has 1 aliphatic carbocycles. The van der Waals surface area contributed by atoms with Crippen molar-refractivity contribution in [2.24, 2.45) is 17.6 Å². The Kier molecular flexibility index (Phi) is 4.35. The average molecular weight is 315 g/mol. The number of anilines is 1. The molecule has 2 atom stereocenters. The SMILES string of the molecule is NC[C@H]1CCC[C@H]1C(=O)Nc1ccc(Br)c(F)c1. The molecule has 0 unspecified atom stereocenters. The van der Waals surface area contributed by atoms with E-state index in [9.17, 15) is 9.18 Å². The normalized spacial score (nSPS) is 23.1. The van der Waals surface area contributed by atoms with E-state index in [0.717, 1.165) is 19.3 Å². The molecule has 5 heteroatoms. The van der Waals surface area contributed by atoms with Crippen LogP contribution < -0.4 is 11.1 Å². The maximum Gasteiger partial charge on any atom is 0.227 e. The van der Waals surface area contributed by atoms with Gasteiger partial charge in [0.25, 0.3) is 0 Å². The molecule has 1 aliphatic rings. The second-order valence-corrected chi connectivity index (χ2v) is 5.51. The highest BCUT2D eigenvalue weighted by Gasteiger charge is 2.31. The number of hydrogen-bond acceptors (Lipinski definition) is 2. The summed E-state index contributed by atoms with van der Waals surface area (Å²) >= 11 is 3.08. The third kappa shape index (κ3) is 2.90. The number of nitrogens with two attached hydrogens (primary N) is 1. The quantitative estimate of drug-likeness (QED) is 0.901. The highest BCUT2D eigenvalue weighted by molar-refractivity contribution is 9.10. The molecule has 1 aromatic carbocycles. The summed E-state index contributed by atoms with van der Waals surface area (Å²) in [6.07, 6.45) is 2.91. The summed E-state index contributed by atoms with van der Waals surface area (Å²) in [5.74, 6) is -0.216. The van der Waals surface area contributed by atoms with Crippen molar-refractivity contribution in [2.75, 3.05) is 11.9 Å². The number of carbonyl (C=O) groups is 1. The zero-order valence-electron chi connectivity index (χ0n) is 9.96. The predicted octanol–water partition coefficient (Wildman–Crippen LogP) is 2.90. The topological polar surface area (TPSA) is 55.1 Å². The lowest BCUT2D eigenvalue weighted by Gasteiger charge is -2.17. The van der Waals surface area contributed by atoms with Crippen LogP contribution in [0.25, 0.3) is 0 Å². The number of carbonyl (C=O) groups excluding carboxylic acids is 1. The van der Waals surface area contributed by atoms with Crippen molar-refractivity contribution in [3.63, 3.8) is 0 Å². The lowest BCUT2D eigenvalue weighted by Crippen LogP contribution is -2.29. The van der Waals surface area contributed by atoms with Crippen LogP contribution in [-0.4, -0.2) is 12.5 Å². The van der Waals surface area contributed by atoms with Crippen LogP contribution in [0, 0.1) is 17.7 Å². The van der Waals surface area contributed by atoms with Gasteiger partial charge in [0.05, 0.1) is 4.47 Å². The Hall–Kier alpha value is -0.940. The number of benzene rings is 1. The van der Waals surface area contributed by atoms with E-state index in [1.165, 1.54) is 6.07 Å². The second-order valence-electron chi connectivity index (χ2n) is 4.65. The van der Waals surface area contributed by atoms with Gasteiger partial charge in [0.2, 0.25) is 5.91 Å². The zero-order chi connectivity index (χ0) is 13.1. The van der Waals surface area contributed by atoms with Crippen LogP contribution in [0.5, 0.6) is 0 Å². The number of amides is 1. The summed E-state index contributed by atoms with van der Waals surface area (Å²) in [5.41, 5.74) is 6.14. The van der Waals surface area contributed by atoms with Gasteiger partial charge in [0, 0.05) is 11.6 Å². The number of rotatable bonds is 3. The molecule has 98 valence electrons. The molecule has 0 aromatic heterocycles. The van der Waals surface area contributed by atoms with Gasteiger partial charge in [-0.1, -0.05) is 6.42 Å². The van der Waals surface area contributed by atoms with Crippen LogP contribution in [0.15, 0.2) is 22.7 Å². The molecule has 1 amide bonds. The van der Waals surface area contributed by atoms with E-state index in [-0.39, 0.29) is 23.6 Å². The Bertz CT molecular complexity index is 453. The van der Waals surface area contributed by atoms with Crippen LogP contribution >= 0.6 is 15.9 Å². The first-order valence-electron chi connectivity index (χ1n) is 6.08. The van der Waals surface area contributed by atoms with Crippen LogP contribution in [0.4, 0.5) is 10.1 Å². The van der Waals surface area contributed by atoms with E-state index in [0.29, 0.717) is 16.7 Å². The predicted molar refractivity (Wildman–Crippen MR) is 72.6 cm³/mol. The van der Waals surface area contributed by atoms with Crippen molar-refractivity contribution in [3.8, 4) is 0 Å². The Morgan fingerprint density at radius 2 is 2.28 bits per heavy atom. The largest absolute Gasteiger partial charge is 0.330 e. The zero-order valence-corrected chi connectivity index (χ0v) is 11.5. The first-order valence-corrected chi connectivity index (χ1v) is 6.87. The molecule has 0 saturated heterocycles. The van der Waals surface area contributed by atoms with Gasteiger partial charge in [-0.2, -0.15) is 0 Å². The smallest absolute Gasteiger partial charge is 0.227 e. The summed E-state index contributed by atoms with van der Waals surface area (Å²) < 4.78 is 13.7. The maximum absolute atomic E-state index is 13.3. The van der Waals surface area contributed by atoms with Gasteiger partial charge in [0.15, 0.2) is 0 Å². The van der Waals surface area contributed by atoms with Gasteiger partial charge < -0.3 is 11.1 Å². The van der Waals surface area contributed by atoms with Gasteiger partial charge in [-0.3, -0.25) is 4.79 Å². The third-order valence-corrected chi connectivity index (χ3v) is 4.13. The van der Waals surface area contributed by atoms with Gasteiger partial charge in [-0.15, -0.1) is 0 Å². The molecular formula is C13H16BrFN2O. The van der Waals surface area contributed by atoms with Gasteiger partial charge in [-0.25, -0.2) is 4.39 Å². The maximum atomic E-state index is 13.3. The van der Waals surface area contributed by atoms with Crippen molar-refractivity contribution in [1.82, 2.24) is 0 Å². The number of halogens is 2. The molecule has 1 fully saturated rings. The van der Waals surface area contributed by atoms with E-state index in [2.05, 4.69) is 21.2 Å². The standard InChI is InChI=1S/C13H16BrFN2O/c14-11-5-4-9(6-12(11)15)17-13(18)10-3-1-2-8(10)7-16/h4-6,8,10H,1-3,7,16H2,(H,17,18)/t8-,10-/m1/s1. The first-order chi connectivity index (χ1) is 8.61. The summed E-state index contributed by atoms with van der Waals surface area (Å²) in [4.78, 5) is 12.1. The first kappa shape index (κ1) is 13.5. The van der Waals surface area contributed by atoms with Crippen LogP contribution in [0.2, 0.25) is 0 Å². The Morgan fingerprint density at radius 3 is 2.94 bits per heavy atom. The Balaban J connectivity index is 2.04. The fourth-order valence-corrected chi connectivity index (χ4v) is 2.72. The van der Waals surface area contributed by atoms with Crippen molar-refractivity contribution in [1.29, 1.82) is 0 Å². The summed E-state index contributed by atoms with van der Waals surface area (Å²) in [6.45, 7) is 0.535. The van der Waals surface area contributed by atoms with E-state index in [1.54, 1.807) is 12.1 Å². The molecule has 1 aromatic rings. The molecule has 0 bridgehead atoms. The lowest BCUT2D eigenvalue weighted by molar-refractivity contribution is -0.120. The van der Waals surface area contributed by atoms with E-state index < -0.39 is 0 Å². The highest BCUT2D eigenvalue weighted by atomic mass is 79.9. The Morgan fingerprint density at radius 1 is 1.50 bits per heavy atom. The molecule has 3 nitrogen and oxygen atoms in total. The summed E-state index contributed by atoms with van der Waals surface area (Å²) in [5, 5.41) is 2.76. The Labute approximate surface area is 114 Å². The molecule has 0 spiro atoms. The number of hydrogen-bond donors (Lipinski definition) is 2. The van der Waals surface area contributed by atoms with Crippen LogP contribution in [0.1, 0.15) is 19.3 Å². The molecule has 0 aliphatic heterocycles. The molecule has 18 heavy (non-hydrogen) atoms. The van der Waals surface area contributed by atoms with E-state index in [4.69, 9.17) is 5.73 Å².